The molecule has 0 saturated carbocycles. The molecule has 2 N–H and O–H groups in total. The molecular formula is C32H35NO7. The molecule has 1 aliphatic rings. The number of ether oxygens (including phenoxy) is 3. The molecule has 1 aliphatic heterocycles. The van der Waals surface area contributed by atoms with Crippen molar-refractivity contribution in [2.24, 2.45) is 0 Å². The number of methoxy groups -OCH3 is 1. The molecule has 1 atom stereocenters. The van der Waals surface area contributed by atoms with Crippen molar-refractivity contribution in [1.82, 2.24) is 0 Å². The number of aliphatic hydroxyl groups excluding tert-OH is 1. The Bertz CT molecular complexity index is 1470. The molecule has 3 aromatic carbocycles. The van der Waals surface area contributed by atoms with Gasteiger partial charge in [-0.3, -0.25) is 14.5 Å². The molecule has 0 aromatic heterocycles. The summed E-state index contributed by atoms with van der Waals surface area (Å²) in [5.74, 6) is -1.02. The second-order valence-electron chi connectivity index (χ2n) is 10.4. The fourth-order valence-electron chi connectivity index (χ4n) is 4.78. The van der Waals surface area contributed by atoms with Crippen molar-refractivity contribution in [2.75, 3.05) is 25.2 Å². The van der Waals surface area contributed by atoms with Crippen molar-refractivity contribution in [2.45, 2.75) is 46.1 Å². The molecule has 0 radical (unpaired) electrons. The van der Waals surface area contributed by atoms with E-state index in [1.165, 1.54) is 18.1 Å². The molecule has 0 spiro atoms. The van der Waals surface area contributed by atoms with Gasteiger partial charge in [0.2, 0.25) is 0 Å². The number of rotatable bonds is 8. The molecule has 1 heterocycles. The Hall–Kier alpha value is -4.46. The van der Waals surface area contributed by atoms with Crippen LogP contribution in [0.3, 0.4) is 0 Å². The topological polar surface area (TPSA) is 106 Å². The van der Waals surface area contributed by atoms with Crippen LogP contribution in [-0.4, -0.2) is 42.2 Å². The summed E-state index contributed by atoms with van der Waals surface area (Å²) in [5.41, 5.74) is 1.73. The van der Waals surface area contributed by atoms with E-state index in [4.69, 9.17) is 14.2 Å². The minimum Gasteiger partial charge on any atom is -0.507 e. The van der Waals surface area contributed by atoms with Gasteiger partial charge in [-0.2, -0.15) is 0 Å². The molecule has 40 heavy (non-hydrogen) atoms. The second kappa shape index (κ2) is 11.3. The van der Waals surface area contributed by atoms with Gasteiger partial charge in [0.1, 0.15) is 17.3 Å². The molecule has 1 saturated heterocycles. The molecule has 8 heteroatoms. The van der Waals surface area contributed by atoms with Gasteiger partial charge in [0.05, 0.1) is 37.5 Å². The molecular weight excluding hydrogens is 510 g/mol. The number of hydrogen-bond acceptors (Lipinski definition) is 7. The van der Waals surface area contributed by atoms with Crippen LogP contribution in [0.1, 0.15) is 57.4 Å². The first-order chi connectivity index (χ1) is 19.0. The number of carbonyl (C=O) groups excluding carboxylic acids is 2. The molecule has 8 nitrogen and oxygen atoms in total. The standard InChI is InChI=1S/C32H35NO7/c1-7-39-22-11-9-10-21(18-22)33-28(19-12-14-24(34)26(16-19)40-8-2)27(30(36)31(33)37)29(35)23-17-20(32(3,4)5)13-15-25(23)38-6/h9-18,28,34-35H,7-8H2,1-6H3/b29-27+. The van der Waals surface area contributed by atoms with Crippen LogP contribution in [0.5, 0.6) is 23.0 Å². The van der Waals surface area contributed by atoms with E-state index < -0.39 is 17.7 Å². The number of nitrogens with zero attached hydrogens (tertiary/aromatic N) is 1. The van der Waals surface area contributed by atoms with Crippen molar-refractivity contribution < 1.29 is 34.0 Å². The zero-order chi connectivity index (χ0) is 29.2. The van der Waals surface area contributed by atoms with Crippen molar-refractivity contribution >= 4 is 23.1 Å². The Morgan fingerprint density at radius 3 is 2.30 bits per heavy atom. The molecule has 0 aliphatic carbocycles. The number of amides is 1. The maximum absolute atomic E-state index is 13.7. The maximum Gasteiger partial charge on any atom is 0.300 e. The lowest BCUT2D eigenvalue weighted by atomic mass is 9.85. The first-order valence-electron chi connectivity index (χ1n) is 13.2. The molecule has 3 aromatic rings. The van der Waals surface area contributed by atoms with Gasteiger partial charge < -0.3 is 24.4 Å². The number of anilines is 1. The van der Waals surface area contributed by atoms with E-state index in [1.54, 1.807) is 55.5 Å². The highest BCUT2D eigenvalue weighted by atomic mass is 16.5. The lowest BCUT2D eigenvalue weighted by molar-refractivity contribution is -0.132. The van der Waals surface area contributed by atoms with Crippen LogP contribution in [0.25, 0.3) is 5.76 Å². The second-order valence-corrected chi connectivity index (χ2v) is 10.4. The predicted molar refractivity (Wildman–Crippen MR) is 153 cm³/mol. The molecule has 210 valence electrons. The number of phenolic OH excluding ortho intramolecular Hbond substituents is 1. The highest BCUT2D eigenvalue weighted by molar-refractivity contribution is 6.51. The van der Waals surface area contributed by atoms with Crippen LogP contribution >= 0.6 is 0 Å². The fraction of sp³-hybridized carbons (Fsp3) is 0.312. The average molecular weight is 546 g/mol. The molecule has 4 rings (SSSR count). The monoisotopic (exact) mass is 545 g/mol. The molecule has 1 amide bonds. The van der Waals surface area contributed by atoms with E-state index >= 15 is 0 Å². The van der Waals surface area contributed by atoms with Crippen molar-refractivity contribution in [3.63, 3.8) is 0 Å². The van der Waals surface area contributed by atoms with Crippen molar-refractivity contribution in [1.29, 1.82) is 0 Å². The zero-order valence-electron chi connectivity index (χ0n) is 23.6. The number of phenols is 1. The summed E-state index contributed by atoms with van der Waals surface area (Å²) in [6, 6.07) is 15.9. The third-order valence-corrected chi connectivity index (χ3v) is 6.77. The van der Waals surface area contributed by atoms with E-state index in [2.05, 4.69) is 0 Å². The SMILES string of the molecule is CCOc1cccc(N2C(=O)C(=O)/C(=C(/O)c3cc(C(C)(C)C)ccc3OC)C2c2ccc(O)c(OCC)c2)c1. The number of aliphatic hydroxyl groups is 1. The Kier molecular flexibility index (Phi) is 8.09. The van der Waals surface area contributed by atoms with Gasteiger partial charge >= 0.3 is 0 Å². The molecule has 1 unspecified atom stereocenters. The quantitative estimate of drug-likeness (QED) is 0.200. The normalized spacial score (nSPS) is 16.8. The van der Waals surface area contributed by atoms with Gasteiger partial charge in [0.25, 0.3) is 11.7 Å². The third kappa shape index (κ3) is 5.34. The van der Waals surface area contributed by atoms with E-state index in [-0.39, 0.29) is 28.2 Å². The largest absolute Gasteiger partial charge is 0.507 e. The number of hydrogen-bond donors (Lipinski definition) is 2. The van der Waals surface area contributed by atoms with Gasteiger partial charge in [-0.05, 0) is 66.8 Å². The Labute approximate surface area is 234 Å². The van der Waals surface area contributed by atoms with Gasteiger partial charge in [0.15, 0.2) is 11.5 Å². The summed E-state index contributed by atoms with van der Waals surface area (Å²) in [7, 11) is 1.48. The van der Waals surface area contributed by atoms with E-state index in [1.807, 2.05) is 33.8 Å². The molecule has 1 fully saturated rings. The first kappa shape index (κ1) is 28.5. The van der Waals surface area contributed by atoms with E-state index in [0.717, 1.165) is 5.56 Å². The summed E-state index contributed by atoms with van der Waals surface area (Å²) < 4.78 is 16.8. The predicted octanol–water partition coefficient (Wildman–Crippen LogP) is 6.12. The summed E-state index contributed by atoms with van der Waals surface area (Å²) in [5, 5.41) is 22.1. The zero-order valence-corrected chi connectivity index (χ0v) is 23.6. The van der Waals surface area contributed by atoms with Gasteiger partial charge in [-0.25, -0.2) is 0 Å². The number of Topliss-reactive ketones (excluding diaryl/α,β-unsaturated/α-hetero) is 1. The van der Waals surface area contributed by atoms with Crippen LogP contribution in [-0.2, 0) is 15.0 Å². The maximum atomic E-state index is 13.7. The van der Waals surface area contributed by atoms with Crippen molar-refractivity contribution in [3.8, 4) is 23.0 Å². The minimum atomic E-state index is -1.03. The Balaban J connectivity index is 2.01. The van der Waals surface area contributed by atoms with Crippen LogP contribution in [0.15, 0.2) is 66.2 Å². The summed E-state index contributed by atoms with van der Waals surface area (Å²) in [4.78, 5) is 28.7. The molecule has 0 bridgehead atoms. The number of ketones is 1. The Morgan fingerprint density at radius 1 is 0.925 bits per heavy atom. The van der Waals surface area contributed by atoms with Crippen LogP contribution in [0.2, 0.25) is 0 Å². The highest BCUT2D eigenvalue weighted by Gasteiger charge is 2.47. The Morgan fingerprint density at radius 2 is 1.65 bits per heavy atom. The van der Waals surface area contributed by atoms with Gasteiger partial charge in [0, 0.05) is 11.8 Å². The van der Waals surface area contributed by atoms with Crippen LogP contribution < -0.4 is 19.1 Å². The van der Waals surface area contributed by atoms with Gasteiger partial charge in [-0.1, -0.05) is 39.0 Å². The van der Waals surface area contributed by atoms with Crippen molar-refractivity contribution in [3.05, 3.63) is 82.9 Å². The van der Waals surface area contributed by atoms with Crippen LogP contribution in [0.4, 0.5) is 5.69 Å². The lowest BCUT2D eigenvalue weighted by Crippen LogP contribution is -2.29. The van der Waals surface area contributed by atoms with E-state index in [9.17, 15) is 19.8 Å². The van der Waals surface area contributed by atoms with Gasteiger partial charge in [-0.15, -0.1) is 0 Å². The number of carbonyl (C=O) groups is 2. The smallest absolute Gasteiger partial charge is 0.300 e. The number of benzene rings is 3. The highest BCUT2D eigenvalue weighted by Crippen LogP contribution is 2.45. The summed E-state index contributed by atoms with van der Waals surface area (Å²) in [6.07, 6.45) is 0. The number of aromatic hydroxyl groups is 1. The fourth-order valence-corrected chi connectivity index (χ4v) is 4.78. The first-order valence-corrected chi connectivity index (χ1v) is 13.2. The van der Waals surface area contributed by atoms with E-state index in [0.29, 0.717) is 41.5 Å². The minimum absolute atomic E-state index is 0.0829. The average Bonchev–Trinajstić information content (AvgIpc) is 3.19. The third-order valence-electron chi connectivity index (χ3n) is 6.77. The van der Waals surface area contributed by atoms with Crippen LogP contribution in [0, 0.1) is 0 Å². The summed E-state index contributed by atoms with van der Waals surface area (Å²) >= 11 is 0. The lowest BCUT2D eigenvalue weighted by Gasteiger charge is -2.26. The summed E-state index contributed by atoms with van der Waals surface area (Å²) in [6.45, 7) is 10.5.